The average molecular weight is 527 g/mol. The summed E-state index contributed by atoms with van der Waals surface area (Å²) in [6.07, 6.45) is 6.74. The van der Waals surface area contributed by atoms with E-state index in [4.69, 9.17) is 4.74 Å². The number of carbonyl (C=O) groups excluding carboxylic acids is 2. The number of aliphatic carboxylic acids is 1. The summed E-state index contributed by atoms with van der Waals surface area (Å²) in [6.45, 7) is 1.09. The van der Waals surface area contributed by atoms with Crippen LogP contribution in [0.2, 0.25) is 0 Å². The second kappa shape index (κ2) is 11.2. The van der Waals surface area contributed by atoms with E-state index in [0.717, 1.165) is 43.2 Å². The first kappa shape index (κ1) is 28.3. The van der Waals surface area contributed by atoms with Gasteiger partial charge in [-0.15, -0.1) is 0 Å². The summed E-state index contributed by atoms with van der Waals surface area (Å²) in [5, 5.41) is 15.6. The number of nitrogens with one attached hydrogen (secondary N) is 2. The van der Waals surface area contributed by atoms with Crippen LogP contribution in [0.1, 0.15) is 56.1 Å². The van der Waals surface area contributed by atoms with Crippen molar-refractivity contribution in [2.45, 2.75) is 75.2 Å². The molecule has 0 saturated heterocycles. The number of amides is 2. The maximum Gasteiger partial charge on any atom is 0.408 e. The number of benzene rings is 1. The smallest absolute Gasteiger partial charge is 0.408 e. The van der Waals surface area contributed by atoms with Crippen LogP contribution < -0.4 is 10.6 Å². The molecule has 8 nitrogen and oxygen atoms in total. The molecule has 3 atom stereocenters. The zero-order valence-corrected chi connectivity index (χ0v) is 22.4. The van der Waals surface area contributed by atoms with Crippen LogP contribution in [-0.2, 0) is 27.4 Å². The standard InChI is InChI=1S/C26H34FN3O5S.Li/c1-36-5-4-21(23(32)33)29-24(34)35-26-10-16-6-17(11-26)9-25(8-16,15-26)28-12-22(31)30-13-18-2-3-20(27)7-19(18)14-30;/h2-3,7,16-17,21,28H,4-6,8-15H2,1H3,(H,29,34)(H,32,33);/t16?,17?,21-,25?,26?;/m0./s1. The van der Waals surface area contributed by atoms with Crippen molar-refractivity contribution in [3.63, 3.8) is 0 Å². The number of fused-ring (bicyclic) bond motifs is 1. The molecular weight excluding hydrogens is 492 g/mol. The fraction of sp³-hybridized carbons (Fsp3) is 0.654. The van der Waals surface area contributed by atoms with E-state index >= 15 is 0 Å². The van der Waals surface area contributed by atoms with Gasteiger partial charge in [0.05, 0.1) is 6.54 Å². The molecule has 1 aromatic carbocycles. The van der Waals surface area contributed by atoms with Crippen LogP contribution >= 0.6 is 11.8 Å². The first-order chi connectivity index (χ1) is 17.2. The first-order valence-corrected chi connectivity index (χ1v) is 14.1. The van der Waals surface area contributed by atoms with E-state index in [1.807, 2.05) is 6.26 Å². The van der Waals surface area contributed by atoms with E-state index in [9.17, 15) is 23.9 Å². The Morgan fingerprint density at radius 3 is 2.57 bits per heavy atom. The molecule has 4 aliphatic carbocycles. The monoisotopic (exact) mass is 526 g/mol. The third kappa shape index (κ3) is 6.13. The molecule has 1 aromatic rings. The summed E-state index contributed by atoms with van der Waals surface area (Å²) < 4.78 is 19.6. The number of carbonyl (C=O) groups is 3. The van der Waals surface area contributed by atoms with E-state index in [1.165, 1.54) is 23.9 Å². The molecule has 2 unspecified atom stereocenters. The number of halogens is 1. The zero-order chi connectivity index (χ0) is 25.5. The van der Waals surface area contributed by atoms with Crippen LogP contribution in [0.5, 0.6) is 0 Å². The maximum absolute atomic E-state index is 13.6. The van der Waals surface area contributed by atoms with Crippen molar-refractivity contribution in [2.75, 3.05) is 18.6 Å². The van der Waals surface area contributed by atoms with Gasteiger partial charge in [-0.2, -0.15) is 11.8 Å². The molecule has 197 valence electrons. The molecule has 4 fully saturated rings. The Hall–Kier alpha value is -1.73. The van der Waals surface area contributed by atoms with Crippen molar-refractivity contribution in [1.82, 2.24) is 15.5 Å². The second-order valence-electron chi connectivity index (χ2n) is 11.1. The van der Waals surface area contributed by atoms with Crippen LogP contribution in [0.4, 0.5) is 9.18 Å². The maximum atomic E-state index is 13.6. The topological polar surface area (TPSA) is 108 Å². The molecular formula is C26H34FLiN3O5S. The Morgan fingerprint density at radius 1 is 1.19 bits per heavy atom. The van der Waals surface area contributed by atoms with Gasteiger partial charge in [0.25, 0.3) is 0 Å². The van der Waals surface area contributed by atoms with Crippen molar-refractivity contribution in [3.05, 3.63) is 35.1 Å². The Bertz CT molecular complexity index is 1050. The third-order valence-corrected chi connectivity index (χ3v) is 9.02. The van der Waals surface area contributed by atoms with E-state index < -0.39 is 23.7 Å². The summed E-state index contributed by atoms with van der Waals surface area (Å²) >= 11 is 1.53. The van der Waals surface area contributed by atoms with Crippen molar-refractivity contribution in [2.24, 2.45) is 11.8 Å². The van der Waals surface area contributed by atoms with Crippen molar-refractivity contribution in [3.8, 4) is 0 Å². The summed E-state index contributed by atoms with van der Waals surface area (Å²) in [6, 6.07) is 3.70. The molecule has 11 heteroatoms. The van der Waals surface area contributed by atoms with Gasteiger partial charge in [0.15, 0.2) is 0 Å². The fourth-order valence-electron chi connectivity index (χ4n) is 7.28. The van der Waals surface area contributed by atoms with Crippen LogP contribution in [0.3, 0.4) is 0 Å². The molecule has 1 aliphatic heterocycles. The van der Waals surface area contributed by atoms with Gasteiger partial charge >= 0.3 is 12.1 Å². The third-order valence-electron chi connectivity index (χ3n) is 8.38. The molecule has 5 aliphatic rings. The molecule has 4 saturated carbocycles. The van der Waals surface area contributed by atoms with E-state index in [-0.39, 0.29) is 42.7 Å². The van der Waals surface area contributed by atoms with Crippen molar-refractivity contribution < 1.29 is 28.6 Å². The Labute approximate surface area is 233 Å². The molecule has 3 N–H and O–H groups in total. The van der Waals surface area contributed by atoms with Crippen LogP contribution in [0.25, 0.3) is 0 Å². The molecule has 0 aromatic heterocycles. The summed E-state index contributed by atoms with van der Waals surface area (Å²) in [5.41, 5.74) is 0.932. The minimum atomic E-state index is -1.06. The SMILES string of the molecule is CSCC[C@H](NC(=O)OC12CC3CC(CC(NCC(=O)N4Cc5ccc(F)cc5C4)(C3)C1)C2)C(=O)O.[Li]. The number of carboxylic acid groups (broad SMARTS) is 1. The Kier molecular flexibility index (Phi) is 8.54. The predicted molar refractivity (Wildman–Crippen MR) is 139 cm³/mol. The van der Waals surface area contributed by atoms with Gasteiger partial charge in [-0.05, 0) is 85.6 Å². The van der Waals surface area contributed by atoms with Crippen molar-refractivity contribution >= 4 is 48.6 Å². The molecule has 2 amide bonds. The second-order valence-corrected chi connectivity index (χ2v) is 12.1. The normalized spacial score (nSPS) is 29.8. The summed E-state index contributed by atoms with van der Waals surface area (Å²) in [4.78, 5) is 39.1. The van der Waals surface area contributed by atoms with E-state index in [0.29, 0.717) is 43.5 Å². The zero-order valence-electron chi connectivity index (χ0n) is 21.6. The number of carboxylic acids is 1. The minimum Gasteiger partial charge on any atom is -0.480 e. The Balaban J connectivity index is 0.00000320. The quantitative estimate of drug-likeness (QED) is 0.425. The minimum absolute atomic E-state index is 0. The number of ether oxygens (including phenoxy) is 1. The Morgan fingerprint density at radius 2 is 1.89 bits per heavy atom. The first-order valence-electron chi connectivity index (χ1n) is 12.7. The summed E-state index contributed by atoms with van der Waals surface area (Å²) in [5.74, 6) is 0.0796. The van der Waals surface area contributed by atoms with Gasteiger partial charge in [0, 0.05) is 43.9 Å². The van der Waals surface area contributed by atoms with Gasteiger partial charge in [0.2, 0.25) is 5.91 Å². The largest absolute Gasteiger partial charge is 0.480 e. The van der Waals surface area contributed by atoms with Gasteiger partial charge in [-0.1, -0.05) is 6.07 Å². The number of hydrogen-bond donors (Lipinski definition) is 3. The predicted octanol–water partition coefficient (Wildman–Crippen LogP) is 2.90. The van der Waals surface area contributed by atoms with Gasteiger partial charge in [-0.25, -0.2) is 14.0 Å². The fourth-order valence-corrected chi connectivity index (χ4v) is 7.75. The van der Waals surface area contributed by atoms with Crippen LogP contribution in [0.15, 0.2) is 18.2 Å². The van der Waals surface area contributed by atoms with Crippen molar-refractivity contribution in [1.29, 1.82) is 0 Å². The molecule has 4 bridgehead atoms. The molecule has 1 radical (unpaired) electrons. The molecule has 37 heavy (non-hydrogen) atoms. The van der Waals surface area contributed by atoms with Crippen LogP contribution in [-0.4, -0.2) is 82.6 Å². The van der Waals surface area contributed by atoms with E-state index in [2.05, 4.69) is 10.6 Å². The van der Waals surface area contributed by atoms with Gasteiger partial charge in [-0.3, -0.25) is 4.79 Å². The molecule has 0 spiro atoms. The number of nitrogens with zero attached hydrogens (tertiary/aromatic N) is 1. The number of rotatable bonds is 9. The van der Waals surface area contributed by atoms with E-state index in [1.54, 1.807) is 11.0 Å². The number of alkyl carbamates (subject to hydrolysis) is 1. The molecule has 1 heterocycles. The number of thioether (sulfide) groups is 1. The van der Waals surface area contributed by atoms with Gasteiger partial charge in [0.1, 0.15) is 17.5 Å². The average Bonchev–Trinajstić information content (AvgIpc) is 3.22. The summed E-state index contributed by atoms with van der Waals surface area (Å²) in [7, 11) is 0. The van der Waals surface area contributed by atoms with Crippen LogP contribution in [0, 0.1) is 17.7 Å². The molecule has 6 rings (SSSR count). The van der Waals surface area contributed by atoms with Gasteiger partial charge < -0.3 is 25.4 Å². The number of hydrogen-bond acceptors (Lipinski definition) is 6.